The zero-order chi connectivity index (χ0) is 25.4. The fourth-order valence-corrected chi connectivity index (χ4v) is 4.74. The molecular weight excluding hydrogens is 507 g/mol. The van der Waals surface area contributed by atoms with Gasteiger partial charge in [-0.25, -0.2) is 15.0 Å². The van der Waals surface area contributed by atoms with Gasteiger partial charge in [0.2, 0.25) is 5.95 Å². The molecule has 0 spiro atoms. The minimum absolute atomic E-state index is 0.102. The van der Waals surface area contributed by atoms with Gasteiger partial charge in [0.1, 0.15) is 23.8 Å². The van der Waals surface area contributed by atoms with Crippen LogP contribution < -0.4 is 20.1 Å². The second-order valence-corrected chi connectivity index (χ2v) is 9.61. The number of hydrogen-bond acceptors (Lipinski definition) is 8. The molecule has 5 rings (SSSR count). The smallest absolute Gasteiger partial charge is 0.260 e. The van der Waals surface area contributed by atoms with Crippen LogP contribution in [0.3, 0.4) is 0 Å². The highest BCUT2D eigenvalue weighted by atomic mass is 35.5. The molecule has 0 bridgehead atoms. The third-order valence-electron chi connectivity index (χ3n) is 6.35. The highest BCUT2D eigenvalue weighted by Crippen LogP contribution is 2.29. The van der Waals surface area contributed by atoms with Crippen molar-refractivity contribution in [1.82, 2.24) is 19.5 Å². The topological polar surface area (TPSA) is 114 Å². The first-order valence-corrected chi connectivity index (χ1v) is 12.3. The number of nitrogens with zero attached hydrogens (tertiary/aromatic N) is 6. The molecule has 0 unspecified atom stereocenters. The summed E-state index contributed by atoms with van der Waals surface area (Å²) in [7, 11) is 0. The van der Waals surface area contributed by atoms with Crippen molar-refractivity contribution in [3.05, 3.63) is 62.9 Å². The van der Waals surface area contributed by atoms with E-state index >= 15 is 0 Å². The van der Waals surface area contributed by atoms with Crippen molar-refractivity contribution in [2.45, 2.75) is 38.4 Å². The van der Waals surface area contributed by atoms with Crippen molar-refractivity contribution in [2.24, 2.45) is 0 Å². The van der Waals surface area contributed by atoms with E-state index in [1.54, 1.807) is 31.5 Å². The minimum Gasteiger partial charge on any atom is -0.488 e. The highest BCUT2D eigenvalue weighted by molar-refractivity contribution is 6.32. The van der Waals surface area contributed by atoms with Crippen LogP contribution in [0.15, 0.2) is 41.6 Å². The van der Waals surface area contributed by atoms with Crippen LogP contribution in [-0.2, 0) is 4.79 Å². The van der Waals surface area contributed by atoms with Crippen molar-refractivity contribution in [3.8, 4) is 11.6 Å². The number of carbonyl (C=O) groups is 1. The SMILES string of the molecule is Cc1nc(-n2cc(Cl)c(OC3CCN(c4ncc(Cl)cn4)CC3)cc2=O)ccc1N1CC[C@@H](O)C1=O. The predicted octanol–water partition coefficient (Wildman–Crippen LogP) is 2.78. The van der Waals surface area contributed by atoms with Crippen molar-refractivity contribution in [3.63, 3.8) is 0 Å². The molecule has 2 saturated heterocycles. The molecule has 3 aromatic heterocycles. The third-order valence-corrected chi connectivity index (χ3v) is 6.83. The van der Waals surface area contributed by atoms with Gasteiger partial charge in [-0.15, -0.1) is 0 Å². The summed E-state index contributed by atoms with van der Waals surface area (Å²) in [6.07, 6.45) is 5.36. The molecule has 2 aliphatic rings. The summed E-state index contributed by atoms with van der Waals surface area (Å²) in [5.74, 6) is 0.973. The molecular formula is C24H24Cl2N6O4. The molecule has 1 amide bonds. The number of carbonyl (C=O) groups excluding carboxylic acids is 1. The van der Waals surface area contributed by atoms with E-state index in [1.807, 2.05) is 0 Å². The summed E-state index contributed by atoms with van der Waals surface area (Å²) < 4.78 is 7.41. The summed E-state index contributed by atoms with van der Waals surface area (Å²) in [6, 6.07) is 4.73. The lowest BCUT2D eigenvalue weighted by atomic mass is 10.1. The van der Waals surface area contributed by atoms with Gasteiger partial charge in [-0.05, 0) is 19.1 Å². The van der Waals surface area contributed by atoms with E-state index in [-0.39, 0.29) is 17.6 Å². The van der Waals surface area contributed by atoms with E-state index in [4.69, 9.17) is 27.9 Å². The molecule has 188 valence electrons. The van der Waals surface area contributed by atoms with Crippen LogP contribution in [0.2, 0.25) is 10.0 Å². The van der Waals surface area contributed by atoms with E-state index in [1.165, 1.54) is 21.7 Å². The molecule has 0 aliphatic carbocycles. The predicted molar refractivity (Wildman–Crippen MR) is 135 cm³/mol. The second kappa shape index (κ2) is 10.0. The van der Waals surface area contributed by atoms with Crippen molar-refractivity contribution in [2.75, 3.05) is 29.4 Å². The molecule has 10 nitrogen and oxygen atoms in total. The quantitative estimate of drug-likeness (QED) is 0.535. The Kier molecular flexibility index (Phi) is 6.83. The first kappa shape index (κ1) is 24.5. The number of anilines is 2. The van der Waals surface area contributed by atoms with E-state index in [9.17, 15) is 14.7 Å². The fraction of sp³-hybridized carbons (Fsp3) is 0.375. The Hall–Kier alpha value is -3.21. The van der Waals surface area contributed by atoms with Crippen molar-refractivity contribution >= 4 is 40.7 Å². The molecule has 5 heterocycles. The zero-order valence-corrected chi connectivity index (χ0v) is 21.0. The number of halogens is 2. The second-order valence-electron chi connectivity index (χ2n) is 8.77. The standard InChI is InChI=1S/C24H24Cl2N6O4/c1-14-18(31-9-6-19(33)23(31)35)2-3-21(29-14)32-13-17(26)20(10-22(32)34)36-16-4-7-30(8-5-16)24-27-11-15(25)12-28-24/h2-3,10-13,16,19,33H,4-9H2,1H3/t19-/m1/s1. The van der Waals surface area contributed by atoms with Gasteiger partial charge < -0.3 is 19.6 Å². The van der Waals surface area contributed by atoms with Crippen molar-refractivity contribution < 1.29 is 14.6 Å². The number of piperidine rings is 1. The maximum atomic E-state index is 12.9. The Morgan fingerprint density at radius 2 is 1.78 bits per heavy atom. The normalized spacial score (nSPS) is 18.7. The fourth-order valence-electron chi connectivity index (χ4n) is 4.45. The maximum absolute atomic E-state index is 12.9. The zero-order valence-electron chi connectivity index (χ0n) is 19.5. The third kappa shape index (κ3) is 4.88. The van der Waals surface area contributed by atoms with Crippen LogP contribution in [0, 0.1) is 6.92 Å². The van der Waals surface area contributed by atoms with E-state index in [0.717, 1.165) is 12.8 Å². The van der Waals surface area contributed by atoms with Crippen molar-refractivity contribution in [1.29, 1.82) is 0 Å². The molecule has 0 radical (unpaired) electrons. The number of aliphatic hydroxyl groups is 1. The Balaban J connectivity index is 1.28. The first-order chi connectivity index (χ1) is 17.3. The van der Waals surface area contributed by atoms with Gasteiger partial charge >= 0.3 is 0 Å². The molecule has 1 atom stereocenters. The molecule has 0 saturated carbocycles. The molecule has 12 heteroatoms. The minimum atomic E-state index is -0.990. The maximum Gasteiger partial charge on any atom is 0.260 e. The lowest BCUT2D eigenvalue weighted by molar-refractivity contribution is -0.124. The Morgan fingerprint density at radius 1 is 1.06 bits per heavy atom. The van der Waals surface area contributed by atoms with Crippen LogP contribution >= 0.6 is 23.2 Å². The number of aromatic nitrogens is 4. The molecule has 3 aromatic rings. The molecule has 0 aromatic carbocycles. The lowest BCUT2D eigenvalue weighted by Gasteiger charge is -2.32. The summed E-state index contributed by atoms with van der Waals surface area (Å²) in [5, 5.41) is 10.5. The summed E-state index contributed by atoms with van der Waals surface area (Å²) in [5.41, 5.74) is 0.832. The largest absolute Gasteiger partial charge is 0.488 e. The van der Waals surface area contributed by atoms with Gasteiger partial charge in [0, 0.05) is 51.2 Å². The molecule has 2 fully saturated rings. The monoisotopic (exact) mass is 530 g/mol. The average molecular weight is 531 g/mol. The summed E-state index contributed by atoms with van der Waals surface area (Å²) in [4.78, 5) is 41.6. The molecule has 2 aliphatic heterocycles. The Morgan fingerprint density at radius 3 is 2.42 bits per heavy atom. The number of rotatable bonds is 5. The summed E-state index contributed by atoms with van der Waals surface area (Å²) >= 11 is 12.3. The van der Waals surface area contributed by atoms with Gasteiger partial charge in [-0.2, -0.15) is 0 Å². The van der Waals surface area contributed by atoms with Gasteiger partial charge in [0.25, 0.3) is 11.5 Å². The van der Waals surface area contributed by atoms with Crippen LogP contribution in [0.1, 0.15) is 25.0 Å². The van der Waals surface area contributed by atoms with E-state index in [2.05, 4.69) is 19.9 Å². The van der Waals surface area contributed by atoms with Gasteiger partial charge in [-0.1, -0.05) is 23.2 Å². The number of pyridine rings is 2. The van der Waals surface area contributed by atoms with Gasteiger partial charge in [0.05, 0.1) is 33.8 Å². The van der Waals surface area contributed by atoms with E-state index in [0.29, 0.717) is 65.0 Å². The molecule has 36 heavy (non-hydrogen) atoms. The van der Waals surface area contributed by atoms with Crippen LogP contribution in [-0.4, -0.2) is 62.4 Å². The van der Waals surface area contributed by atoms with Crippen LogP contribution in [0.4, 0.5) is 11.6 Å². The van der Waals surface area contributed by atoms with E-state index < -0.39 is 6.10 Å². The highest BCUT2D eigenvalue weighted by Gasteiger charge is 2.32. The number of aliphatic hydroxyl groups excluding tert-OH is 1. The first-order valence-electron chi connectivity index (χ1n) is 11.6. The lowest BCUT2D eigenvalue weighted by Crippen LogP contribution is -2.39. The van der Waals surface area contributed by atoms with Gasteiger partial charge in [0.15, 0.2) is 0 Å². The Bertz CT molecular complexity index is 1340. The van der Waals surface area contributed by atoms with Crippen LogP contribution in [0.25, 0.3) is 5.82 Å². The molecule has 1 N–H and O–H groups in total. The number of hydrogen-bond donors (Lipinski definition) is 1. The van der Waals surface area contributed by atoms with Gasteiger partial charge in [-0.3, -0.25) is 14.2 Å². The summed E-state index contributed by atoms with van der Waals surface area (Å²) in [6.45, 7) is 3.58. The number of ether oxygens (including phenoxy) is 1. The Labute approximate surface area is 217 Å². The average Bonchev–Trinajstić information content (AvgIpc) is 3.20. The van der Waals surface area contributed by atoms with Crippen LogP contribution in [0.5, 0.6) is 5.75 Å². The number of amides is 1. The number of aryl methyl sites for hydroxylation is 1.